The second-order valence-corrected chi connectivity index (χ2v) is 5.47. The van der Waals surface area contributed by atoms with E-state index in [-0.39, 0.29) is 29.4 Å². The van der Waals surface area contributed by atoms with Crippen LogP contribution in [0.5, 0.6) is 0 Å². The Balaban J connectivity index is 0.00000324. The molecule has 0 radical (unpaired) electrons. The van der Waals surface area contributed by atoms with Crippen molar-refractivity contribution in [2.24, 2.45) is 16.1 Å². The molecule has 0 aliphatic rings. The van der Waals surface area contributed by atoms with E-state index in [9.17, 15) is 0 Å². The van der Waals surface area contributed by atoms with Crippen molar-refractivity contribution in [2.45, 2.75) is 33.1 Å². The number of nitrogens with zero attached hydrogens (tertiary/aromatic N) is 1. The monoisotopic (exact) mass is 375 g/mol. The number of aryl methyl sites for hydroxylation is 1. The lowest BCUT2D eigenvalue weighted by Gasteiger charge is -2.25. The predicted octanol–water partition coefficient (Wildman–Crippen LogP) is 3.19. The van der Waals surface area contributed by atoms with Gasteiger partial charge >= 0.3 is 0 Å². The molecule has 0 atom stereocenters. The van der Waals surface area contributed by atoms with E-state index in [2.05, 4.69) is 54.5 Å². The number of nitrogens with two attached hydrogens (primary N) is 1. The highest BCUT2D eigenvalue weighted by atomic mass is 127. The molecule has 0 saturated heterocycles. The van der Waals surface area contributed by atoms with E-state index in [4.69, 9.17) is 5.73 Å². The minimum atomic E-state index is 0. The van der Waals surface area contributed by atoms with Crippen LogP contribution in [-0.2, 0) is 6.42 Å². The highest BCUT2D eigenvalue weighted by Crippen LogP contribution is 2.22. The van der Waals surface area contributed by atoms with Crippen molar-refractivity contribution in [1.29, 1.82) is 0 Å². The molecular formula is C15H26IN3. The third-order valence-electron chi connectivity index (χ3n) is 3.15. The van der Waals surface area contributed by atoms with Crippen molar-refractivity contribution >= 4 is 29.9 Å². The Morgan fingerprint density at radius 3 is 2.47 bits per heavy atom. The molecule has 0 aliphatic heterocycles. The van der Waals surface area contributed by atoms with Crippen molar-refractivity contribution in [3.8, 4) is 0 Å². The number of rotatable bonds is 6. The van der Waals surface area contributed by atoms with Gasteiger partial charge in [-0.2, -0.15) is 0 Å². The standard InChI is InChI=1S/C15H25N3.HI/c1-15(2,12-18-14(16)17-3)11-7-10-13-8-5-4-6-9-13;/h4-6,8-9H,7,10-12H2,1-3H3,(H3,16,17,18);1H. The second-order valence-electron chi connectivity index (χ2n) is 5.47. The Morgan fingerprint density at radius 1 is 1.26 bits per heavy atom. The summed E-state index contributed by atoms with van der Waals surface area (Å²) >= 11 is 0. The molecule has 0 aliphatic carbocycles. The molecule has 1 aromatic rings. The maximum absolute atomic E-state index is 5.64. The molecule has 0 amide bonds. The van der Waals surface area contributed by atoms with Gasteiger partial charge in [0.15, 0.2) is 5.96 Å². The Morgan fingerprint density at radius 2 is 1.89 bits per heavy atom. The summed E-state index contributed by atoms with van der Waals surface area (Å²) in [5.74, 6) is 0.520. The zero-order valence-electron chi connectivity index (χ0n) is 12.1. The van der Waals surface area contributed by atoms with E-state index in [1.54, 1.807) is 7.05 Å². The Kier molecular flexibility index (Phi) is 8.80. The molecule has 0 aromatic heterocycles. The average molecular weight is 375 g/mol. The van der Waals surface area contributed by atoms with Crippen LogP contribution in [0, 0.1) is 5.41 Å². The van der Waals surface area contributed by atoms with Crippen LogP contribution in [0.2, 0.25) is 0 Å². The molecule has 4 heteroatoms. The second kappa shape index (κ2) is 9.18. The van der Waals surface area contributed by atoms with Crippen LogP contribution < -0.4 is 11.1 Å². The zero-order valence-corrected chi connectivity index (χ0v) is 14.5. The van der Waals surface area contributed by atoms with Gasteiger partial charge in [-0.05, 0) is 30.2 Å². The van der Waals surface area contributed by atoms with E-state index >= 15 is 0 Å². The summed E-state index contributed by atoms with van der Waals surface area (Å²) in [4.78, 5) is 3.90. The number of hydrogen-bond donors (Lipinski definition) is 2. The third-order valence-corrected chi connectivity index (χ3v) is 3.15. The van der Waals surface area contributed by atoms with E-state index < -0.39 is 0 Å². The maximum Gasteiger partial charge on any atom is 0.188 e. The molecule has 0 spiro atoms. The lowest BCUT2D eigenvalue weighted by atomic mass is 9.86. The molecular weight excluding hydrogens is 349 g/mol. The van der Waals surface area contributed by atoms with Gasteiger partial charge in [-0.25, -0.2) is 0 Å². The zero-order chi connectivity index (χ0) is 13.4. The molecule has 19 heavy (non-hydrogen) atoms. The first-order chi connectivity index (χ1) is 8.53. The minimum Gasteiger partial charge on any atom is -0.370 e. The summed E-state index contributed by atoms with van der Waals surface area (Å²) in [6, 6.07) is 10.6. The minimum absolute atomic E-state index is 0. The Labute approximate surface area is 134 Å². The third kappa shape index (κ3) is 8.08. The van der Waals surface area contributed by atoms with Crippen LogP contribution in [0.4, 0.5) is 0 Å². The van der Waals surface area contributed by atoms with Crippen molar-refractivity contribution in [1.82, 2.24) is 5.32 Å². The van der Waals surface area contributed by atoms with Gasteiger partial charge in [0, 0.05) is 13.6 Å². The van der Waals surface area contributed by atoms with E-state index in [1.807, 2.05) is 0 Å². The topological polar surface area (TPSA) is 50.4 Å². The van der Waals surface area contributed by atoms with Crippen LogP contribution in [-0.4, -0.2) is 19.6 Å². The number of benzene rings is 1. The Hall–Kier alpha value is -0.780. The molecule has 0 bridgehead atoms. The number of nitrogens with one attached hydrogen (secondary N) is 1. The quantitative estimate of drug-likeness (QED) is 0.456. The Bertz CT molecular complexity index is 374. The first kappa shape index (κ1) is 18.2. The smallest absolute Gasteiger partial charge is 0.188 e. The molecule has 1 aromatic carbocycles. The lowest BCUT2D eigenvalue weighted by Crippen LogP contribution is -2.38. The van der Waals surface area contributed by atoms with Crippen LogP contribution >= 0.6 is 24.0 Å². The summed E-state index contributed by atoms with van der Waals surface area (Å²) in [5.41, 5.74) is 7.29. The highest BCUT2D eigenvalue weighted by molar-refractivity contribution is 14.0. The summed E-state index contributed by atoms with van der Waals surface area (Å²) in [7, 11) is 1.70. The summed E-state index contributed by atoms with van der Waals surface area (Å²) in [6.07, 6.45) is 3.51. The number of halogens is 1. The first-order valence-electron chi connectivity index (χ1n) is 6.53. The fourth-order valence-corrected chi connectivity index (χ4v) is 1.91. The van der Waals surface area contributed by atoms with Gasteiger partial charge in [0.05, 0.1) is 0 Å². The predicted molar refractivity (Wildman–Crippen MR) is 94.1 cm³/mol. The molecule has 0 saturated carbocycles. The maximum atomic E-state index is 5.64. The average Bonchev–Trinajstić information content (AvgIpc) is 2.37. The SMILES string of the molecule is CN=C(N)NCC(C)(C)CCCc1ccccc1.I. The normalized spacial score (nSPS) is 11.8. The van der Waals surface area contributed by atoms with Crippen LogP contribution in [0.3, 0.4) is 0 Å². The number of aliphatic imine (C=N–C) groups is 1. The van der Waals surface area contributed by atoms with Crippen molar-refractivity contribution in [2.75, 3.05) is 13.6 Å². The largest absolute Gasteiger partial charge is 0.370 e. The molecule has 1 rings (SSSR count). The molecule has 0 heterocycles. The molecule has 0 unspecified atom stereocenters. The van der Waals surface area contributed by atoms with Crippen molar-refractivity contribution < 1.29 is 0 Å². The van der Waals surface area contributed by atoms with Gasteiger partial charge in [0.1, 0.15) is 0 Å². The molecule has 3 N–H and O–H groups in total. The molecule has 3 nitrogen and oxygen atoms in total. The van der Waals surface area contributed by atoms with Crippen LogP contribution in [0.1, 0.15) is 32.3 Å². The fourth-order valence-electron chi connectivity index (χ4n) is 1.91. The van der Waals surface area contributed by atoms with Gasteiger partial charge < -0.3 is 11.1 Å². The summed E-state index contributed by atoms with van der Waals surface area (Å²) in [5, 5.41) is 3.15. The molecule has 108 valence electrons. The summed E-state index contributed by atoms with van der Waals surface area (Å²) < 4.78 is 0. The van der Waals surface area contributed by atoms with Crippen molar-refractivity contribution in [3.05, 3.63) is 35.9 Å². The lowest BCUT2D eigenvalue weighted by molar-refractivity contribution is 0.324. The van der Waals surface area contributed by atoms with Gasteiger partial charge in [-0.15, -0.1) is 24.0 Å². The highest BCUT2D eigenvalue weighted by Gasteiger charge is 2.17. The first-order valence-corrected chi connectivity index (χ1v) is 6.53. The molecule has 0 fully saturated rings. The summed E-state index contributed by atoms with van der Waals surface area (Å²) in [6.45, 7) is 5.38. The number of guanidine groups is 1. The number of hydrogen-bond acceptors (Lipinski definition) is 1. The van der Waals surface area contributed by atoms with Gasteiger partial charge in [0.25, 0.3) is 0 Å². The van der Waals surface area contributed by atoms with E-state index in [0.717, 1.165) is 13.0 Å². The van der Waals surface area contributed by atoms with Gasteiger partial charge in [-0.3, -0.25) is 4.99 Å². The van der Waals surface area contributed by atoms with E-state index in [1.165, 1.54) is 18.4 Å². The van der Waals surface area contributed by atoms with Gasteiger partial charge in [0.2, 0.25) is 0 Å². The van der Waals surface area contributed by atoms with Crippen LogP contribution in [0.15, 0.2) is 35.3 Å². The van der Waals surface area contributed by atoms with Crippen LogP contribution in [0.25, 0.3) is 0 Å². The van der Waals surface area contributed by atoms with E-state index in [0.29, 0.717) is 5.96 Å². The fraction of sp³-hybridized carbons (Fsp3) is 0.533. The van der Waals surface area contributed by atoms with Gasteiger partial charge in [-0.1, -0.05) is 44.2 Å². The van der Waals surface area contributed by atoms with Crippen molar-refractivity contribution in [3.63, 3.8) is 0 Å².